The number of nitrogens with zero attached hydrogens (tertiary/aromatic N) is 4. The lowest BCUT2D eigenvalue weighted by Crippen LogP contribution is -2.48. The number of piperazine rings is 1. The van der Waals surface area contributed by atoms with Crippen LogP contribution >= 0.6 is 11.3 Å². The van der Waals surface area contributed by atoms with Crippen molar-refractivity contribution in [2.24, 2.45) is 0 Å². The minimum atomic E-state index is 0.0258. The predicted molar refractivity (Wildman–Crippen MR) is 167 cm³/mol. The number of rotatable bonds is 10. The Morgan fingerprint density at radius 1 is 0.905 bits per heavy atom. The molecule has 3 aromatic carbocycles. The van der Waals surface area contributed by atoms with Crippen LogP contribution in [0.15, 0.2) is 84.3 Å². The molecule has 0 saturated carbocycles. The van der Waals surface area contributed by atoms with Crippen molar-refractivity contribution in [3.63, 3.8) is 0 Å². The lowest BCUT2D eigenvalue weighted by atomic mass is 10.1. The van der Waals surface area contributed by atoms with Crippen LogP contribution in [0.1, 0.15) is 37.7 Å². The van der Waals surface area contributed by atoms with Crippen molar-refractivity contribution < 1.29 is 14.3 Å². The van der Waals surface area contributed by atoms with Crippen LogP contribution in [0.3, 0.4) is 0 Å². The summed E-state index contributed by atoms with van der Waals surface area (Å²) in [5, 5.41) is 2.85. The first-order valence-electron chi connectivity index (χ1n) is 14.4. The van der Waals surface area contributed by atoms with E-state index in [0.29, 0.717) is 25.3 Å². The van der Waals surface area contributed by atoms with Crippen molar-refractivity contribution in [3.05, 3.63) is 117 Å². The van der Waals surface area contributed by atoms with E-state index in [1.54, 1.807) is 11.3 Å². The highest BCUT2D eigenvalue weighted by molar-refractivity contribution is 7.09. The fraction of sp³-hybridized carbons (Fsp3) is 0.294. The lowest BCUT2D eigenvalue weighted by molar-refractivity contribution is 0.0645. The summed E-state index contributed by atoms with van der Waals surface area (Å²) in [5.41, 5.74) is 5.39. The highest BCUT2D eigenvalue weighted by atomic mass is 32.1. The van der Waals surface area contributed by atoms with E-state index in [0.717, 1.165) is 54.8 Å². The van der Waals surface area contributed by atoms with Crippen molar-refractivity contribution in [3.8, 4) is 11.5 Å². The summed E-state index contributed by atoms with van der Waals surface area (Å²) in [5.74, 6) is 1.60. The van der Waals surface area contributed by atoms with Gasteiger partial charge in [0.1, 0.15) is 10.7 Å². The summed E-state index contributed by atoms with van der Waals surface area (Å²) in [6.07, 6.45) is 4.36. The Balaban J connectivity index is 1.06. The molecule has 0 radical (unpaired) electrons. The zero-order valence-corrected chi connectivity index (χ0v) is 24.8. The number of carbonyl (C=O) groups is 1. The Morgan fingerprint density at radius 2 is 1.64 bits per heavy atom. The second-order valence-corrected chi connectivity index (χ2v) is 11.8. The van der Waals surface area contributed by atoms with Crippen LogP contribution in [0, 0.1) is 6.92 Å². The molecule has 0 unspecified atom stereocenters. The van der Waals surface area contributed by atoms with Crippen LogP contribution in [-0.4, -0.2) is 65.1 Å². The van der Waals surface area contributed by atoms with E-state index in [9.17, 15) is 4.79 Å². The molecule has 1 aromatic heterocycles. The molecule has 1 fully saturated rings. The monoisotopic (exact) mass is 580 g/mol. The van der Waals surface area contributed by atoms with Gasteiger partial charge in [-0.05, 0) is 35.7 Å². The number of aryl methyl sites for hydroxylation is 1. The number of fused-ring (bicyclic) bond motifs is 1. The van der Waals surface area contributed by atoms with Crippen LogP contribution in [0.2, 0.25) is 0 Å². The molecule has 0 aliphatic carbocycles. The SMILES string of the molecule is Cc1ccc(CN(Cc2ccc3c(c2)OCO3)Cc2nc(C(=O)N3CCN(CC=Cc4ccccc4)CC3)cs2)cc1. The molecule has 8 heteroatoms. The average Bonchev–Trinajstić information content (AvgIpc) is 3.68. The van der Waals surface area contributed by atoms with Gasteiger partial charge in [0, 0.05) is 51.2 Å². The van der Waals surface area contributed by atoms with E-state index in [4.69, 9.17) is 14.5 Å². The Bertz CT molecular complexity index is 1510. The van der Waals surface area contributed by atoms with Gasteiger partial charge in [-0.15, -0.1) is 11.3 Å². The Kier molecular flexibility index (Phi) is 8.94. The molecule has 4 aromatic rings. The van der Waals surface area contributed by atoms with Crippen LogP contribution in [0.25, 0.3) is 6.08 Å². The van der Waals surface area contributed by atoms with Crippen molar-refractivity contribution in [2.75, 3.05) is 39.5 Å². The summed E-state index contributed by atoms with van der Waals surface area (Å²) in [6.45, 7) is 8.58. The smallest absolute Gasteiger partial charge is 0.273 e. The Hall–Kier alpha value is -3.98. The Labute approximate surface area is 251 Å². The zero-order chi connectivity index (χ0) is 28.7. The van der Waals surface area contributed by atoms with Gasteiger partial charge in [0.05, 0.1) is 6.54 Å². The second kappa shape index (κ2) is 13.3. The summed E-state index contributed by atoms with van der Waals surface area (Å²) in [4.78, 5) is 24.8. The molecule has 7 nitrogen and oxygen atoms in total. The third kappa shape index (κ3) is 7.26. The summed E-state index contributed by atoms with van der Waals surface area (Å²) < 4.78 is 11.1. The largest absolute Gasteiger partial charge is 0.454 e. The maximum Gasteiger partial charge on any atom is 0.273 e. The number of carbonyl (C=O) groups excluding carboxylic acids is 1. The first-order valence-corrected chi connectivity index (χ1v) is 15.3. The molecule has 0 atom stereocenters. The number of amides is 1. The third-order valence-electron chi connectivity index (χ3n) is 7.63. The van der Waals surface area contributed by atoms with Gasteiger partial charge in [-0.3, -0.25) is 14.6 Å². The van der Waals surface area contributed by atoms with E-state index < -0.39 is 0 Å². The number of thiazole rings is 1. The van der Waals surface area contributed by atoms with Crippen LogP contribution in [0.5, 0.6) is 11.5 Å². The molecule has 1 amide bonds. The second-order valence-electron chi connectivity index (χ2n) is 10.9. The zero-order valence-electron chi connectivity index (χ0n) is 23.9. The van der Waals surface area contributed by atoms with E-state index in [-0.39, 0.29) is 12.7 Å². The molecule has 2 aliphatic rings. The summed E-state index contributed by atoms with van der Waals surface area (Å²) in [6, 6.07) is 25.1. The number of aromatic nitrogens is 1. The van der Waals surface area contributed by atoms with Gasteiger partial charge in [-0.2, -0.15) is 0 Å². The first-order chi connectivity index (χ1) is 20.6. The van der Waals surface area contributed by atoms with E-state index in [2.05, 4.69) is 89.5 Å². The highest BCUT2D eigenvalue weighted by Gasteiger charge is 2.24. The quantitative estimate of drug-likeness (QED) is 0.235. The number of hydrogen-bond acceptors (Lipinski definition) is 7. The van der Waals surface area contributed by atoms with Crippen LogP contribution in [-0.2, 0) is 19.6 Å². The third-order valence-corrected chi connectivity index (χ3v) is 8.47. The molecule has 6 rings (SSSR count). The molecule has 0 bridgehead atoms. The van der Waals surface area contributed by atoms with Crippen molar-refractivity contribution in [1.82, 2.24) is 19.7 Å². The van der Waals surface area contributed by atoms with Crippen LogP contribution in [0.4, 0.5) is 0 Å². The molecule has 3 heterocycles. The van der Waals surface area contributed by atoms with Gasteiger partial charge in [0.15, 0.2) is 11.5 Å². The molecular formula is C34H36N4O3S. The molecule has 2 aliphatic heterocycles. The first kappa shape index (κ1) is 28.2. The lowest BCUT2D eigenvalue weighted by Gasteiger charge is -2.33. The van der Waals surface area contributed by atoms with Crippen LogP contribution < -0.4 is 9.47 Å². The molecule has 216 valence electrons. The fourth-order valence-electron chi connectivity index (χ4n) is 5.29. The summed E-state index contributed by atoms with van der Waals surface area (Å²) in [7, 11) is 0. The maximum atomic E-state index is 13.3. The molecule has 0 spiro atoms. The molecular weight excluding hydrogens is 544 g/mol. The predicted octanol–water partition coefficient (Wildman–Crippen LogP) is 5.85. The van der Waals surface area contributed by atoms with Crippen molar-refractivity contribution in [2.45, 2.75) is 26.6 Å². The maximum absolute atomic E-state index is 13.3. The number of benzene rings is 3. The van der Waals surface area contributed by atoms with E-state index >= 15 is 0 Å². The number of ether oxygens (including phenoxy) is 2. The topological polar surface area (TPSA) is 58.1 Å². The van der Waals surface area contributed by atoms with Crippen molar-refractivity contribution in [1.29, 1.82) is 0 Å². The molecule has 1 saturated heterocycles. The average molecular weight is 581 g/mol. The van der Waals surface area contributed by atoms with Gasteiger partial charge >= 0.3 is 0 Å². The minimum absolute atomic E-state index is 0.0258. The fourth-order valence-corrected chi connectivity index (χ4v) is 6.10. The van der Waals surface area contributed by atoms with E-state index in [1.807, 2.05) is 22.4 Å². The van der Waals surface area contributed by atoms with Gasteiger partial charge in [0.25, 0.3) is 5.91 Å². The standard InChI is InChI=1S/C34H36N4O3S/c1-26-9-11-28(12-10-26)21-37(22-29-13-14-31-32(20-29)41-25-40-31)23-33-35-30(24-42-33)34(39)38-18-16-36(17-19-38)15-5-8-27-6-3-2-4-7-27/h2-14,20,24H,15-19,21-23,25H2,1H3. The van der Waals surface area contributed by atoms with Gasteiger partial charge in [-0.1, -0.05) is 78.4 Å². The number of hydrogen-bond donors (Lipinski definition) is 0. The van der Waals surface area contributed by atoms with Gasteiger partial charge < -0.3 is 14.4 Å². The minimum Gasteiger partial charge on any atom is -0.454 e. The molecule has 0 N–H and O–H groups in total. The van der Waals surface area contributed by atoms with E-state index in [1.165, 1.54) is 16.7 Å². The van der Waals surface area contributed by atoms with Gasteiger partial charge in [0.2, 0.25) is 6.79 Å². The Morgan fingerprint density at radius 3 is 2.45 bits per heavy atom. The molecule has 42 heavy (non-hydrogen) atoms. The van der Waals surface area contributed by atoms with Gasteiger partial charge in [-0.25, -0.2) is 4.98 Å². The summed E-state index contributed by atoms with van der Waals surface area (Å²) >= 11 is 1.56. The van der Waals surface area contributed by atoms with Crippen molar-refractivity contribution >= 4 is 23.3 Å². The normalized spacial score (nSPS) is 15.1. The highest BCUT2D eigenvalue weighted by Crippen LogP contribution is 2.33.